The summed E-state index contributed by atoms with van der Waals surface area (Å²) in [6.07, 6.45) is 2.10. The highest BCUT2D eigenvalue weighted by molar-refractivity contribution is 5.82. The first kappa shape index (κ1) is 11.8. The number of hydrogen-bond donors (Lipinski definition) is 1. The predicted molar refractivity (Wildman–Crippen MR) is 73.5 cm³/mol. The Morgan fingerprint density at radius 2 is 2.11 bits per heavy atom. The molecule has 0 amide bonds. The van der Waals surface area contributed by atoms with Gasteiger partial charge in [-0.2, -0.15) is 0 Å². The Balaban J connectivity index is 2.10. The molecule has 96 valence electrons. The quantitative estimate of drug-likeness (QED) is 0.838. The van der Waals surface area contributed by atoms with Crippen LogP contribution in [0.15, 0.2) is 28.7 Å². The Bertz CT molecular complexity index is 561. The lowest BCUT2D eigenvalue weighted by Crippen LogP contribution is -2.40. The Morgan fingerprint density at radius 3 is 2.94 bits per heavy atom. The van der Waals surface area contributed by atoms with E-state index in [2.05, 4.69) is 31.0 Å². The first-order chi connectivity index (χ1) is 8.66. The third kappa shape index (κ3) is 1.84. The van der Waals surface area contributed by atoms with Gasteiger partial charge >= 0.3 is 0 Å². The van der Waals surface area contributed by atoms with E-state index in [0.717, 1.165) is 30.7 Å². The molecule has 0 bridgehead atoms. The van der Waals surface area contributed by atoms with Crippen LogP contribution >= 0.6 is 0 Å². The molecule has 0 radical (unpaired) electrons. The van der Waals surface area contributed by atoms with Gasteiger partial charge in [0.2, 0.25) is 0 Å². The third-order valence-corrected chi connectivity index (χ3v) is 4.06. The Hall–Kier alpha value is -1.32. The van der Waals surface area contributed by atoms with E-state index in [1.165, 1.54) is 10.9 Å². The van der Waals surface area contributed by atoms with Crippen LogP contribution in [0.25, 0.3) is 11.0 Å². The minimum Gasteiger partial charge on any atom is -0.461 e. The number of nitrogens with zero attached hydrogens (tertiary/aromatic N) is 1. The molecule has 2 N–H and O–H groups in total. The van der Waals surface area contributed by atoms with E-state index in [1.54, 1.807) is 0 Å². The molecule has 0 aliphatic carbocycles. The fourth-order valence-electron chi connectivity index (χ4n) is 3.05. The SMILES string of the molecule is Cc1oc2ccccc2c1C1CC(N)CCN1C. The van der Waals surface area contributed by atoms with Crippen LogP contribution in [0.2, 0.25) is 0 Å². The van der Waals surface area contributed by atoms with Crippen molar-refractivity contribution in [2.24, 2.45) is 5.73 Å². The molecule has 1 aliphatic rings. The highest BCUT2D eigenvalue weighted by Crippen LogP contribution is 2.37. The van der Waals surface area contributed by atoms with E-state index in [-0.39, 0.29) is 0 Å². The molecule has 2 aromatic rings. The maximum absolute atomic E-state index is 6.13. The van der Waals surface area contributed by atoms with Crippen LogP contribution in [0, 0.1) is 6.92 Å². The molecule has 0 spiro atoms. The number of para-hydroxylation sites is 1. The molecule has 1 saturated heterocycles. The van der Waals surface area contributed by atoms with Gasteiger partial charge in [0.05, 0.1) is 0 Å². The molecule has 1 aromatic carbocycles. The van der Waals surface area contributed by atoms with Crippen LogP contribution in [0.4, 0.5) is 0 Å². The van der Waals surface area contributed by atoms with Gasteiger partial charge in [0, 0.05) is 23.0 Å². The molecule has 18 heavy (non-hydrogen) atoms. The van der Waals surface area contributed by atoms with Crippen molar-refractivity contribution in [1.29, 1.82) is 0 Å². The summed E-state index contributed by atoms with van der Waals surface area (Å²) in [6.45, 7) is 3.12. The molecule has 1 fully saturated rings. The molecule has 0 saturated carbocycles. The fraction of sp³-hybridized carbons (Fsp3) is 0.467. The van der Waals surface area contributed by atoms with Crippen LogP contribution in [0.5, 0.6) is 0 Å². The number of benzene rings is 1. The summed E-state index contributed by atoms with van der Waals surface area (Å²) in [4.78, 5) is 2.40. The topological polar surface area (TPSA) is 42.4 Å². The van der Waals surface area contributed by atoms with Crippen molar-refractivity contribution in [1.82, 2.24) is 4.90 Å². The maximum Gasteiger partial charge on any atom is 0.134 e. The molecule has 3 rings (SSSR count). The Morgan fingerprint density at radius 1 is 1.33 bits per heavy atom. The smallest absolute Gasteiger partial charge is 0.134 e. The van der Waals surface area contributed by atoms with Crippen LogP contribution in [-0.2, 0) is 0 Å². The number of aryl methyl sites for hydroxylation is 1. The zero-order valence-electron chi connectivity index (χ0n) is 11.0. The van der Waals surface area contributed by atoms with Crippen molar-refractivity contribution in [3.8, 4) is 0 Å². The van der Waals surface area contributed by atoms with Crippen LogP contribution in [0.1, 0.15) is 30.2 Å². The van der Waals surface area contributed by atoms with Crippen LogP contribution in [-0.4, -0.2) is 24.5 Å². The molecule has 2 heterocycles. The normalized spacial score (nSPS) is 25.7. The van der Waals surface area contributed by atoms with Crippen molar-refractivity contribution in [2.75, 3.05) is 13.6 Å². The van der Waals surface area contributed by atoms with Crippen molar-refractivity contribution in [3.05, 3.63) is 35.6 Å². The average molecular weight is 244 g/mol. The lowest BCUT2D eigenvalue weighted by molar-refractivity contribution is 0.171. The molecule has 1 aliphatic heterocycles. The zero-order valence-corrected chi connectivity index (χ0v) is 11.0. The molecule has 2 unspecified atom stereocenters. The summed E-state index contributed by atoms with van der Waals surface area (Å²) in [5.41, 5.74) is 8.44. The Labute approximate surface area is 108 Å². The lowest BCUT2D eigenvalue weighted by Gasteiger charge is -2.35. The van der Waals surface area contributed by atoms with E-state index < -0.39 is 0 Å². The van der Waals surface area contributed by atoms with Gasteiger partial charge in [-0.25, -0.2) is 0 Å². The number of likely N-dealkylation sites (tertiary alicyclic amines) is 1. The Kier molecular flexibility index (Phi) is 2.88. The van der Waals surface area contributed by atoms with Gasteiger partial charge < -0.3 is 10.2 Å². The highest BCUT2D eigenvalue weighted by Gasteiger charge is 2.29. The van der Waals surface area contributed by atoms with Gasteiger partial charge in [0.25, 0.3) is 0 Å². The maximum atomic E-state index is 6.13. The van der Waals surface area contributed by atoms with Crippen LogP contribution < -0.4 is 5.73 Å². The first-order valence-corrected chi connectivity index (χ1v) is 6.60. The van der Waals surface area contributed by atoms with Gasteiger partial charge in [-0.1, -0.05) is 18.2 Å². The lowest BCUT2D eigenvalue weighted by atomic mass is 9.91. The molecule has 1 aromatic heterocycles. The minimum absolute atomic E-state index is 0.305. The van der Waals surface area contributed by atoms with Crippen LogP contribution in [0.3, 0.4) is 0 Å². The number of fused-ring (bicyclic) bond motifs is 1. The second-order valence-electron chi connectivity index (χ2n) is 5.35. The number of hydrogen-bond acceptors (Lipinski definition) is 3. The van der Waals surface area contributed by atoms with Gasteiger partial charge in [-0.15, -0.1) is 0 Å². The minimum atomic E-state index is 0.305. The fourth-order valence-corrected chi connectivity index (χ4v) is 3.05. The van der Waals surface area contributed by atoms with E-state index in [0.29, 0.717) is 12.1 Å². The van der Waals surface area contributed by atoms with Gasteiger partial charge in [0.15, 0.2) is 0 Å². The van der Waals surface area contributed by atoms with Gasteiger partial charge in [-0.3, -0.25) is 4.90 Å². The second kappa shape index (κ2) is 4.41. The van der Waals surface area contributed by atoms with Crippen molar-refractivity contribution in [3.63, 3.8) is 0 Å². The van der Waals surface area contributed by atoms with Crippen molar-refractivity contribution >= 4 is 11.0 Å². The largest absolute Gasteiger partial charge is 0.461 e. The predicted octanol–water partition coefficient (Wildman–Crippen LogP) is 2.84. The summed E-state index contributed by atoms with van der Waals surface area (Å²) in [5.74, 6) is 1.03. The molecular formula is C15H20N2O. The number of piperidine rings is 1. The van der Waals surface area contributed by atoms with E-state index in [4.69, 9.17) is 10.2 Å². The second-order valence-corrected chi connectivity index (χ2v) is 5.35. The van der Waals surface area contributed by atoms with Crippen molar-refractivity contribution < 1.29 is 4.42 Å². The van der Waals surface area contributed by atoms with Gasteiger partial charge in [-0.05, 0) is 39.4 Å². The monoisotopic (exact) mass is 244 g/mol. The van der Waals surface area contributed by atoms with Gasteiger partial charge in [0.1, 0.15) is 11.3 Å². The number of furan rings is 1. The first-order valence-electron chi connectivity index (χ1n) is 6.60. The van der Waals surface area contributed by atoms with E-state index >= 15 is 0 Å². The standard InChI is InChI=1S/C15H20N2O/c1-10-15(12-5-3-4-6-14(12)18-10)13-9-11(16)7-8-17(13)2/h3-6,11,13H,7-9,16H2,1-2H3. The number of nitrogens with two attached hydrogens (primary N) is 1. The summed E-state index contributed by atoms with van der Waals surface area (Å²) in [6, 6.07) is 8.97. The van der Waals surface area contributed by atoms with E-state index in [9.17, 15) is 0 Å². The summed E-state index contributed by atoms with van der Waals surface area (Å²) < 4.78 is 5.87. The highest BCUT2D eigenvalue weighted by atomic mass is 16.3. The summed E-state index contributed by atoms with van der Waals surface area (Å²) in [5, 5.41) is 1.24. The molecule has 2 atom stereocenters. The summed E-state index contributed by atoms with van der Waals surface area (Å²) in [7, 11) is 2.18. The summed E-state index contributed by atoms with van der Waals surface area (Å²) >= 11 is 0. The molecule has 3 nitrogen and oxygen atoms in total. The zero-order chi connectivity index (χ0) is 12.7. The molecule has 3 heteroatoms. The average Bonchev–Trinajstić information content (AvgIpc) is 2.68. The number of rotatable bonds is 1. The van der Waals surface area contributed by atoms with E-state index in [1.807, 2.05) is 12.1 Å². The molecular weight excluding hydrogens is 224 g/mol. The third-order valence-electron chi connectivity index (χ3n) is 4.06. The van der Waals surface area contributed by atoms with Crippen molar-refractivity contribution in [2.45, 2.75) is 31.8 Å².